The van der Waals surface area contributed by atoms with Crippen molar-refractivity contribution in [3.63, 3.8) is 0 Å². The highest BCUT2D eigenvalue weighted by Crippen LogP contribution is 2.46. The maximum atomic E-state index is 12.6. The van der Waals surface area contributed by atoms with Gasteiger partial charge in [-0.05, 0) is 11.1 Å². The van der Waals surface area contributed by atoms with Crippen molar-refractivity contribution in [1.29, 1.82) is 0 Å². The summed E-state index contributed by atoms with van der Waals surface area (Å²) in [5, 5.41) is 9.03. The van der Waals surface area contributed by atoms with Crippen LogP contribution < -0.4 is 0 Å². The van der Waals surface area contributed by atoms with Crippen LogP contribution in [0.1, 0.15) is 11.1 Å². The molecule has 2 aromatic rings. The van der Waals surface area contributed by atoms with Crippen molar-refractivity contribution in [2.24, 2.45) is 0 Å². The third-order valence-electron chi connectivity index (χ3n) is 4.05. The van der Waals surface area contributed by atoms with Gasteiger partial charge in [0, 0.05) is 13.3 Å². The highest BCUT2D eigenvalue weighted by Gasteiger charge is 2.24. The van der Waals surface area contributed by atoms with Gasteiger partial charge in [-0.1, -0.05) is 60.7 Å². The molecular weight excluding hydrogens is 442 g/mol. The number of aliphatic hydroxyl groups excluding tert-OH is 1. The van der Waals surface area contributed by atoms with E-state index in [1.165, 1.54) is 13.3 Å². The molecule has 2 unspecified atom stereocenters. The zero-order chi connectivity index (χ0) is 22.6. The molecule has 0 fully saturated rings. The lowest BCUT2D eigenvalue weighted by Crippen LogP contribution is -2.26. The molecule has 10 heteroatoms. The Labute approximate surface area is 183 Å². The Kier molecular flexibility index (Phi) is 11.1. The lowest BCUT2D eigenvalue weighted by molar-refractivity contribution is -0.0259. The van der Waals surface area contributed by atoms with Gasteiger partial charge in [-0.2, -0.15) is 0 Å². The summed E-state index contributed by atoms with van der Waals surface area (Å²) in [5.41, 5.74) is 1.74. The molecule has 0 saturated carbocycles. The normalized spacial score (nSPS) is 16.4. The topological polar surface area (TPSA) is 101 Å². The minimum Gasteiger partial charge on any atom is -0.394 e. The molecule has 0 aliphatic rings. The summed E-state index contributed by atoms with van der Waals surface area (Å²) >= 11 is 0. The predicted molar refractivity (Wildman–Crippen MR) is 118 cm³/mol. The summed E-state index contributed by atoms with van der Waals surface area (Å²) in [6, 6.07) is 18.6. The molecule has 2 atom stereocenters. The van der Waals surface area contributed by atoms with Crippen LogP contribution in [0.4, 0.5) is 0 Å². The van der Waals surface area contributed by atoms with E-state index < -0.39 is 21.3 Å². The molecular formula is C21H30O8P2. The highest BCUT2D eigenvalue weighted by molar-refractivity contribution is 7.53. The van der Waals surface area contributed by atoms with Crippen LogP contribution in [0.3, 0.4) is 0 Å². The van der Waals surface area contributed by atoms with Crippen LogP contribution in [-0.4, -0.2) is 51.0 Å². The maximum Gasteiger partial charge on any atom is 0.328 e. The molecule has 0 saturated heterocycles. The smallest absolute Gasteiger partial charge is 0.328 e. The summed E-state index contributed by atoms with van der Waals surface area (Å²) in [6.45, 7) is 2.59. The molecule has 8 nitrogen and oxygen atoms in total. The average molecular weight is 472 g/mol. The molecule has 2 rings (SSSR count). The van der Waals surface area contributed by atoms with E-state index in [-0.39, 0.29) is 39.6 Å². The fourth-order valence-corrected chi connectivity index (χ4v) is 4.20. The van der Waals surface area contributed by atoms with E-state index in [2.05, 4.69) is 0 Å². The Morgan fingerprint density at radius 2 is 1.16 bits per heavy atom. The third kappa shape index (κ3) is 11.2. The summed E-state index contributed by atoms with van der Waals surface area (Å²) in [6.07, 6.45) is -0.714. The largest absolute Gasteiger partial charge is 0.394 e. The molecule has 0 aliphatic carbocycles. The average Bonchev–Trinajstić information content (AvgIpc) is 2.77. The van der Waals surface area contributed by atoms with Crippen molar-refractivity contribution >= 4 is 15.2 Å². The van der Waals surface area contributed by atoms with E-state index in [1.807, 2.05) is 60.7 Å². The SMILES string of the molecule is CP(=O)(OCc1ccccc1)OCC(COP(C)(=O)OCc1ccccc1)OCCO. The van der Waals surface area contributed by atoms with Gasteiger partial charge in [0.15, 0.2) is 0 Å². The minimum absolute atomic E-state index is 0.0230. The van der Waals surface area contributed by atoms with Crippen LogP contribution in [-0.2, 0) is 45.2 Å². The maximum absolute atomic E-state index is 12.6. The Morgan fingerprint density at radius 1 is 0.742 bits per heavy atom. The van der Waals surface area contributed by atoms with Crippen LogP contribution in [0.5, 0.6) is 0 Å². The molecule has 0 radical (unpaired) electrons. The van der Waals surface area contributed by atoms with Crippen molar-refractivity contribution < 1.29 is 37.1 Å². The van der Waals surface area contributed by atoms with E-state index in [0.717, 1.165) is 11.1 Å². The Morgan fingerprint density at radius 3 is 1.55 bits per heavy atom. The van der Waals surface area contributed by atoms with Gasteiger partial charge in [-0.3, -0.25) is 9.13 Å². The number of rotatable bonds is 15. The monoisotopic (exact) mass is 472 g/mol. The van der Waals surface area contributed by atoms with Crippen LogP contribution in [0, 0.1) is 0 Å². The second-order valence-electron chi connectivity index (χ2n) is 6.87. The Balaban J connectivity index is 1.81. The lowest BCUT2D eigenvalue weighted by atomic mass is 10.2. The van der Waals surface area contributed by atoms with E-state index >= 15 is 0 Å². The van der Waals surface area contributed by atoms with Gasteiger partial charge in [0.2, 0.25) is 0 Å². The number of hydrogen-bond acceptors (Lipinski definition) is 8. The fourth-order valence-electron chi connectivity index (χ4n) is 2.41. The van der Waals surface area contributed by atoms with E-state index in [9.17, 15) is 9.13 Å². The van der Waals surface area contributed by atoms with Crippen LogP contribution in [0.15, 0.2) is 60.7 Å². The van der Waals surface area contributed by atoms with Gasteiger partial charge in [-0.15, -0.1) is 0 Å². The van der Waals surface area contributed by atoms with Crippen molar-refractivity contribution in [1.82, 2.24) is 0 Å². The Hall–Kier alpha value is -1.34. The lowest BCUT2D eigenvalue weighted by Gasteiger charge is -2.22. The van der Waals surface area contributed by atoms with Gasteiger partial charge in [-0.25, -0.2) is 0 Å². The van der Waals surface area contributed by atoms with Crippen LogP contribution in [0.2, 0.25) is 0 Å². The zero-order valence-electron chi connectivity index (χ0n) is 17.8. The second-order valence-corrected chi connectivity index (χ2v) is 11.0. The molecule has 2 aromatic carbocycles. The predicted octanol–water partition coefficient (Wildman–Crippen LogP) is 4.48. The number of hydrogen-bond donors (Lipinski definition) is 1. The highest BCUT2D eigenvalue weighted by atomic mass is 31.2. The van der Waals surface area contributed by atoms with E-state index in [1.54, 1.807) is 0 Å². The minimum atomic E-state index is -3.36. The van der Waals surface area contributed by atoms with Crippen molar-refractivity contribution in [3.05, 3.63) is 71.8 Å². The second kappa shape index (κ2) is 13.3. The quantitative estimate of drug-likeness (QED) is 0.379. The third-order valence-corrected chi connectivity index (χ3v) is 6.48. The number of benzene rings is 2. The van der Waals surface area contributed by atoms with E-state index in [0.29, 0.717) is 0 Å². The van der Waals surface area contributed by atoms with Crippen LogP contribution >= 0.6 is 15.2 Å². The van der Waals surface area contributed by atoms with E-state index in [4.69, 9.17) is 27.9 Å². The molecule has 0 spiro atoms. The van der Waals surface area contributed by atoms with Gasteiger partial charge >= 0.3 is 15.2 Å². The zero-order valence-corrected chi connectivity index (χ0v) is 19.6. The number of ether oxygens (including phenoxy) is 1. The van der Waals surface area contributed by atoms with Crippen molar-refractivity contribution in [2.45, 2.75) is 19.3 Å². The molecule has 31 heavy (non-hydrogen) atoms. The van der Waals surface area contributed by atoms with Crippen molar-refractivity contribution in [3.8, 4) is 0 Å². The van der Waals surface area contributed by atoms with Gasteiger partial charge < -0.3 is 27.9 Å². The first kappa shape index (κ1) is 25.9. The molecule has 1 N–H and O–H groups in total. The molecule has 0 amide bonds. The summed E-state index contributed by atoms with van der Waals surface area (Å²) in [4.78, 5) is 0. The van der Waals surface area contributed by atoms with Gasteiger partial charge in [0.1, 0.15) is 6.10 Å². The molecule has 0 bridgehead atoms. The summed E-state index contributed by atoms with van der Waals surface area (Å²) < 4.78 is 52.2. The van der Waals surface area contributed by atoms with Crippen LogP contribution in [0.25, 0.3) is 0 Å². The van der Waals surface area contributed by atoms with Gasteiger partial charge in [0.05, 0.1) is 39.6 Å². The summed E-state index contributed by atoms with van der Waals surface area (Å²) in [5.74, 6) is 0. The molecule has 0 aromatic heterocycles. The molecule has 172 valence electrons. The first-order chi connectivity index (χ1) is 14.8. The summed E-state index contributed by atoms with van der Waals surface area (Å²) in [7, 11) is -6.72. The Bertz CT molecular complexity index is 779. The first-order valence-corrected chi connectivity index (χ1v) is 13.8. The fraction of sp³-hybridized carbons (Fsp3) is 0.429. The first-order valence-electron chi connectivity index (χ1n) is 9.83. The molecule has 0 aliphatic heterocycles. The van der Waals surface area contributed by atoms with Gasteiger partial charge in [0.25, 0.3) is 0 Å². The van der Waals surface area contributed by atoms with Crippen molar-refractivity contribution in [2.75, 3.05) is 39.8 Å². The standard InChI is InChI=1S/C21H30O8P2/c1-30(23,26-15-19-9-5-3-6-10-19)28-17-21(25-14-13-22)18-29-31(2,24)27-16-20-11-7-4-8-12-20/h3-12,21-22H,13-18H2,1-2H3. The molecule has 0 heterocycles. The number of aliphatic hydroxyl groups is 1.